The molecule has 0 atom stereocenters. The molecule has 14 heavy (non-hydrogen) atoms. The van der Waals surface area contributed by atoms with Gasteiger partial charge in [-0.05, 0) is 36.8 Å². The second-order valence-electron chi connectivity index (χ2n) is 4.75. The molecular weight excluding hydrogens is 170 g/mol. The average Bonchev–Trinajstić information content (AvgIpc) is 2.25. The number of aliphatic imine (C=N–C) groups is 1. The van der Waals surface area contributed by atoms with Gasteiger partial charge in [-0.3, -0.25) is 4.99 Å². The molecular formula is C13H17N. The Morgan fingerprint density at radius 3 is 2.71 bits per heavy atom. The zero-order valence-electron chi connectivity index (χ0n) is 9.17. The van der Waals surface area contributed by atoms with Gasteiger partial charge in [-0.1, -0.05) is 32.0 Å². The fourth-order valence-corrected chi connectivity index (χ4v) is 2.03. The Labute approximate surface area is 85.9 Å². The van der Waals surface area contributed by atoms with E-state index >= 15 is 0 Å². The maximum Gasteiger partial charge on any atom is 0.0666 e. The number of benzene rings is 1. The number of para-hydroxylation sites is 1. The number of hydrogen-bond acceptors (Lipinski definition) is 1. The predicted molar refractivity (Wildman–Crippen MR) is 61.5 cm³/mol. The van der Waals surface area contributed by atoms with E-state index in [0.29, 0.717) is 0 Å². The SMILES string of the molecule is CC1=Nc2ccccc2C(C)(C)CC1. The maximum absolute atomic E-state index is 4.65. The summed E-state index contributed by atoms with van der Waals surface area (Å²) in [5.74, 6) is 0. The molecule has 0 spiro atoms. The van der Waals surface area contributed by atoms with Gasteiger partial charge < -0.3 is 0 Å². The lowest BCUT2D eigenvalue weighted by Crippen LogP contribution is -2.16. The van der Waals surface area contributed by atoms with Gasteiger partial charge in [0, 0.05) is 5.71 Å². The van der Waals surface area contributed by atoms with Gasteiger partial charge in [-0.15, -0.1) is 0 Å². The Morgan fingerprint density at radius 2 is 1.93 bits per heavy atom. The van der Waals surface area contributed by atoms with Crippen molar-refractivity contribution >= 4 is 11.4 Å². The molecule has 1 aromatic carbocycles. The van der Waals surface area contributed by atoms with Crippen LogP contribution in [0.4, 0.5) is 5.69 Å². The van der Waals surface area contributed by atoms with Crippen LogP contribution in [-0.2, 0) is 5.41 Å². The van der Waals surface area contributed by atoms with Crippen molar-refractivity contribution in [2.45, 2.75) is 39.0 Å². The minimum atomic E-state index is 0.262. The van der Waals surface area contributed by atoms with E-state index in [9.17, 15) is 0 Å². The van der Waals surface area contributed by atoms with E-state index in [-0.39, 0.29) is 5.41 Å². The van der Waals surface area contributed by atoms with Crippen molar-refractivity contribution in [3.63, 3.8) is 0 Å². The van der Waals surface area contributed by atoms with Crippen molar-refractivity contribution in [2.75, 3.05) is 0 Å². The van der Waals surface area contributed by atoms with E-state index in [4.69, 9.17) is 0 Å². The highest BCUT2D eigenvalue weighted by molar-refractivity contribution is 5.86. The van der Waals surface area contributed by atoms with Gasteiger partial charge >= 0.3 is 0 Å². The Hall–Kier alpha value is -1.11. The highest BCUT2D eigenvalue weighted by atomic mass is 14.8. The van der Waals surface area contributed by atoms with E-state index in [1.54, 1.807) is 0 Å². The molecule has 1 aliphatic rings. The normalized spacial score (nSPS) is 19.5. The van der Waals surface area contributed by atoms with Crippen molar-refractivity contribution in [1.29, 1.82) is 0 Å². The number of hydrogen-bond donors (Lipinski definition) is 0. The van der Waals surface area contributed by atoms with E-state index in [1.807, 2.05) is 0 Å². The van der Waals surface area contributed by atoms with Gasteiger partial charge in [0.2, 0.25) is 0 Å². The third-order valence-electron chi connectivity index (χ3n) is 3.06. The smallest absolute Gasteiger partial charge is 0.0666 e. The third kappa shape index (κ3) is 1.59. The molecule has 1 heteroatoms. The van der Waals surface area contributed by atoms with Crippen molar-refractivity contribution in [2.24, 2.45) is 4.99 Å². The van der Waals surface area contributed by atoms with Crippen molar-refractivity contribution < 1.29 is 0 Å². The van der Waals surface area contributed by atoms with Crippen molar-refractivity contribution in [3.05, 3.63) is 29.8 Å². The first-order valence-corrected chi connectivity index (χ1v) is 5.23. The molecule has 1 heterocycles. The molecule has 2 rings (SSSR count). The van der Waals surface area contributed by atoms with Crippen LogP contribution < -0.4 is 0 Å². The molecule has 74 valence electrons. The van der Waals surface area contributed by atoms with Gasteiger partial charge in [0.25, 0.3) is 0 Å². The minimum absolute atomic E-state index is 0.262. The van der Waals surface area contributed by atoms with Crippen LogP contribution in [0, 0.1) is 0 Å². The lowest BCUT2D eigenvalue weighted by Gasteiger charge is -2.24. The number of nitrogens with zero attached hydrogens (tertiary/aromatic N) is 1. The Morgan fingerprint density at radius 1 is 1.21 bits per heavy atom. The average molecular weight is 187 g/mol. The summed E-state index contributed by atoms with van der Waals surface area (Å²) in [5, 5.41) is 0. The molecule has 0 fully saturated rings. The van der Waals surface area contributed by atoms with Crippen LogP contribution in [0.25, 0.3) is 0 Å². The molecule has 0 aliphatic carbocycles. The Bertz CT molecular complexity index is 375. The van der Waals surface area contributed by atoms with Crippen molar-refractivity contribution in [3.8, 4) is 0 Å². The van der Waals surface area contributed by atoms with Crippen molar-refractivity contribution in [1.82, 2.24) is 0 Å². The Kier molecular flexibility index (Phi) is 2.18. The van der Waals surface area contributed by atoms with E-state index in [1.165, 1.54) is 17.7 Å². The molecule has 0 amide bonds. The lowest BCUT2D eigenvalue weighted by atomic mass is 9.80. The molecule has 0 N–H and O–H groups in total. The largest absolute Gasteiger partial charge is 0.258 e. The van der Waals surface area contributed by atoms with Gasteiger partial charge in [0.05, 0.1) is 5.69 Å². The molecule has 0 saturated carbocycles. The molecule has 0 radical (unpaired) electrons. The standard InChI is InChI=1S/C13H17N/c1-10-8-9-13(2,3)11-6-4-5-7-12(11)14-10/h4-7H,8-9H2,1-3H3. The first-order chi connectivity index (χ1) is 6.59. The fourth-order valence-electron chi connectivity index (χ4n) is 2.03. The van der Waals surface area contributed by atoms with Crippen LogP contribution in [0.15, 0.2) is 29.3 Å². The summed E-state index contributed by atoms with van der Waals surface area (Å²) in [4.78, 5) is 4.65. The fraction of sp³-hybridized carbons (Fsp3) is 0.462. The summed E-state index contributed by atoms with van der Waals surface area (Å²) in [5.41, 5.74) is 4.06. The first kappa shape index (κ1) is 9.45. The summed E-state index contributed by atoms with van der Waals surface area (Å²) in [7, 11) is 0. The van der Waals surface area contributed by atoms with Gasteiger partial charge in [-0.2, -0.15) is 0 Å². The maximum atomic E-state index is 4.65. The number of rotatable bonds is 0. The summed E-state index contributed by atoms with van der Waals surface area (Å²) in [6.45, 7) is 6.73. The van der Waals surface area contributed by atoms with E-state index in [0.717, 1.165) is 12.1 Å². The molecule has 1 aliphatic heterocycles. The van der Waals surface area contributed by atoms with E-state index in [2.05, 4.69) is 50.0 Å². The lowest BCUT2D eigenvalue weighted by molar-refractivity contribution is 0.495. The topological polar surface area (TPSA) is 12.4 Å². The zero-order valence-corrected chi connectivity index (χ0v) is 9.17. The molecule has 0 bridgehead atoms. The van der Waals surface area contributed by atoms with Crippen LogP contribution in [0.1, 0.15) is 39.2 Å². The second kappa shape index (κ2) is 3.23. The second-order valence-corrected chi connectivity index (χ2v) is 4.75. The van der Waals surface area contributed by atoms with E-state index < -0.39 is 0 Å². The predicted octanol–water partition coefficient (Wildman–Crippen LogP) is 3.85. The zero-order chi connectivity index (χ0) is 10.2. The quantitative estimate of drug-likeness (QED) is 0.585. The summed E-state index contributed by atoms with van der Waals surface area (Å²) in [6, 6.07) is 8.50. The van der Waals surface area contributed by atoms with Crippen LogP contribution in [-0.4, -0.2) is 5.71 Å². The van der Waals surface area contributed by atoms with Crippen LogP contribution in [0.3, 0.4) is 0 Å². The van der Waals surface area contributed by atoms with Crippen LogP contribution in [0.5, 0.6) is 0 Å². The highest BCUT2D eigenvalue weighted by Crippen LogP contribution is 2.37. The van der Waals surface area contributed by atoms with Crippen LogP contribution in [0.2, 0.25) is 0 Å². The monoisotopic (exact) mass is 187 g/mol. The molecule has 0 aromatic heterocycles. The molecule has 1 aromatic rings. The Balaban J connectivity index is 2.58. The molecule has 0 unspecified atom stereocenters. The summed E-state index contributed by atoms with van der Waals surface area (Å²) < 4.78 is 0. The van der Waals surface area contributed by atoms with Gasteiger partial charge in [0.1, 0.15) is 0 Å². The summed E-state index contributed by atoms with van der Waals surface area (Å²) >= 11 is 0. The molecule has 1 nitrogen and oxygen atoms in total. The highest BCUT2D eigenvalue weighted by Gasteiger charge is 2.25. The van der Waals surface area contributed by atoms with Gasteiger partial charge in [0.15, 0.2) is 0 Å². The number of fused-ring (bicyclic) bond motifs is 1. The summed E-state index contributed by atoms with van der Waals surface area (Å²) in [6.07, 6.45) is 2.31. The minimum Gasteiger partial charge on any atom is -0.258 e. The first-order valence-electron chi connectivity index (χ1n) is 5.23. The van der Waals surface area contributed by atoms with Gasteiger partial charge in [-0.25, -0.2) is 0 Å². The third-order valence-corrected chi connectivity index (χ3v) is 3.06. The van der Waals surface area contributed by atoms with Crippen LogP contribution >= 0.6 is 0 Å². The molecule has 0 saturated heterocycles.